The summed E-state index contributed by atoms with van der Waals surface area (Å²) in [6.07, 6.45) is 9.85. The fourth-order valence-electron chi connectivity index (χ4n) is 7.18. The zero-order valence-electron chi connectivity index (χ0n) is 24.9. The van der Waals surface area contributed by atoms with Gasteiger partial charge in [-0.3, -0.25) is 4.79 Å². The molecular weight excluding hydrogens is 599 g/mol. The van der Waals surface area contributed by atoms with Crippen LogP contribution in [0.5, 0.6) is 0 Å². The lowest BCUT2D eigenvalue weighted by molar-refractivity contribution is -0.161. The van der Waals surface area contributed by atoms with Gasteiger partial charge in [0.05, 0.1) is 17.0 Å². The van der Waals surface area contributed by atoms with Crippen molar-refractivity contribution >= 4 is 56.5 Å². The number of rotatable bonds is 10. The third kappa shape index (κ3) is 6.46. The first-order valence-electron chi connectivity index (χ1n) is 14.9. The summed E-state index contributed by atoms with van der Waals surface area (Å²) in [5.41, 5.74) is 1.46. The highest BCUT2D eigenvalue weighted by Gasteiger charge is 2.56. The first kappa shape index (κ1) is 31.5. The summed E-state index contributed by atoms with van der Waals surface area (Å²) in [5, 5.41) is 5.89. The lowest BCUT2D eigenvalue weighted by Gasteiger charge is -2.57. The fourth-order valence-corrected chi connectivity index (χ4v) is 9.39. The van der Waals surface area contributed by atoms with Gasteiger partial charge in [0, 0.05) is 33.9 Å². The lowest BCUT2D eigenvalue weighted by atomic mass is 9.66. The Morgan fingerprint density at radius 2 is 1.81 bits per heavy atom. The van der Waals surface area contributed by atoms with E-state index in [0.717, 1.165) is 55.8 Å². The van der Waals surface area contributed by atoms with Crippen LogP contribution in [-0.4, -0.2) is 38.8 Å². The molecule has 5 rings (SSSR count). The summed E-state index contributed by atoms with van der Waals surface area (Å²) in [6, 6.07) is 20.7. The molecule has 1 aliphatic heterocycles. The van der Waals surface area contributed by atoms with Crippen molar-refractivity contribution in [2.75, 3.05) is 12.8 Å². The molecule has 2 unspecified atom stereocenters. The molecule has 0 bridgehead atoms. The molecule has 1 aromatic heterocycles. The van der Waals surface area contributed by atoms with E-state index in [1.807, 2.05) is 41.7 Å². The fraction of sp³-hybridized carbons (Fsp3) is 0.429. The minimum Gasteiger partial charge on any atom is -0.328 e. The van der Waals surface area contributed by atoms with Crippen LogP contribution in [0.15, 0.2) is 78.7 Å². The Morgan fingerprint density at radius 3 is 2.43 bits per heavy atom. The monoisotopic (exact) mass is 640 g/mol. The molecule has 224 valence electrons. The number of nitrogens with zero attached hydrogens (tertiary/aromatic N) is 2. The van der Waals surface area contributed by atoms with Crippen LogP contribution in [0.3, 0.4) is 0 Å². The molecule has 2 fully saturated rings. The predicted octanol–water partition coefficient (Wildman–Crippen LogP) is 10.1. The highest BCUT2D eigenvalue weighted by molar-refractivity contribution is 8.12. The normalized spacial score (nSPS) is 24.8. The largest absolute Gasteiger partial charge is 0.328 e. The van der Waals surface area contributed by atoms with Gasteiger partial charge in [-0.2, -0.15) is 0 Å². The number of halogens is 2. The van der Waals surface area contributed by atoms with E-state index in [9.17, 15) is 0 Å². The Kier molecular flexibility index (Phi) is 10.1. The smallest absolute Gasteiger partial charge is 0.229 e. The van der Waals surface area contributed by atoms with Gasteiger partial charge < -0.3 is 4.90 Å². The van der Waals surface area contributed by atoms with Gasteiger partial charge in [0.1, 0.15) is 0 Å². The van der Waals surface area contributed by atoms with Gasteiger partial charge >= 0.3 is 0 Å². The van der Waals surface area contributed by atoms with E-state index < -0.39 is 5.41 Å². The zero-order valence-corrected chi connectivity index (χ0v) is 28.0. The number of hydrogen-bond acceptors (Lipinski definition) is 3. The standard InChI is InChI=1S/C35H42Cl2N2OS2/c1-5-18-34(3)23-31(27-11-9-12-29(37)22-27)32(26-14-16-28(36)17-15-26)39(33(34)40)35(19-7-8-20-35)25-38(42(4)6-2)24-30-13-10-21-41-30/h5-6,9-17,21-22,31-32H,1,7-8,18-20,23-25H2,2-4H3/t31-,32?,34+,42?/m1/s1. The number of amides is 1. The molecule has 42 heavy (non-hydrogen) atoms. The maximum absolute atomic E-state index is 15.1. The molecule has 1 saturated heterocycles. The minimum absolute atomic E-state index is 0.0403. The van der Waals surface area contributed by atoms with Crippen LogP contribution in [0.1, 0.15) is 80.3 Å². The maximum atomic E-state index is 15.1. The summed E-state index contributed by atoms with van der Waals surface area (Å²) in [4.78, 5) is 18.8. The topological polar surface area (TPSA) is 23.6 Å². The number of carbonyl (C=O) groups is 1. The van der Waals surface area contributed by atoms with Crippen LogP contribution in [0.2, 0.25) is 10.0 Å². The summed E-state index contributed by atoms with van der Waals surface area (Å²) >= 11 is 14.8. The number of benzene rings is 2. The zero-order chi connectivity index (χ0) is 29.9. The highest BCUT2D eigenvalue weighted by Crippen LogP contribution is 2.56. The summed E-state index contributed by atoms with van der Waals surface area (Å²) < 4.78 is 2.61. The second kappa shape index (κ2) is 13.4. The van der Waals surface area contributed by atoms with Gasteiger partial charge in [0.2, 0.25) is 5.91 Å². The Bertz CT molecular complexity index is 1420. The van der Waals surface area contributed by atoms with Gasteiger partial charge in [-0.15, -0.1) is 28.6 Å². The third-order valence-electron chi connectivity index (χ3n) is 9.32. The first-order valence-corrected chi connectivity index (χ1v) is 18.2. The summed E-state index contributed by atoms with van der Waals surface area (Å²) in [5.74, 6) is 0.323. The molecule has 1 saturated carbocycles. The number of carbonyl (C=O) groups excluding carboxylic acids is 1. The quantitative estimate of drug-likeness (QED) is 0.163. The van der Waals surface area contributed by atoms with E-state index >= 15 is 4.79 Å². The molecule has 3 aromatic rings. The Balaban J connectivity index is 1.69. The molecule has 3 nitrogen and oxygen atoms in total. The SMILES string of the molecule is C=CC[C@@]1(C)C[C@H](c2cccc(Cl)c2)C(c2ccc(Cl)cc2)N(C2(CN(Cc3cccs3)/S(C)=C/C)CCCC2)C1=O. The number of thiophene rings is 1. The Hall–Kier alpha value is -1.89. The average Bonchev–Trinajstić information content (AvgIpc) is 3.67. The molecular formula is C35H42Cl2N2OS2. The van der Waals surface area contributed by atoms with Gasteiger partial charge in [0.25, 0.3) is 0 Å². The predicted molar refractivity (Wildman–Crippen MR) is 184 cm³/mol. The maximum Gasteiger partial charge on any atom is 0.229 e. The third-order valence-corrected chi connectivity index (χ3v) is 12.4. The van der Waals surface area contributed by atoms with Crippen molar-refractivity contribution in [2.24, 2.45) is 5.41 Å². The molecule has 2 aliphatic rings. The van der Waals surface area contributed by atoms with E-state index in [1.165, 1.54) is 10.4 Å². The lowest BCUT2D eigenvalue weighted by Crippen LogP contribution is -2.63. The van der Waals surface area contributed by atoms with Crippen LogP contribution in [0.25, 0.3) is 0 Å². The summed E-state index contributed by atoms with van der Waals surface area (Å²) in [6.45, 7) is 10.1. The van der Waals surface area contributed by atoms with Crippen molar-refractivity contribution in [2.45, 2.75) is 76.4 Å². The number of likely N-dealkylation sites (tertiary alicyclic amines) is 1. The molecule has 2 heterocycles. The summed E-state index contributed by atoms with van der Waals surface area (Å²) in [7, 11) is -0.0403. The van der Waals surface area contributed by atoms with Gasteiger partial charge in [-0.1, -0.05) is 84.7 Å². The minimum atomic E-state index is -0.559. The molecule has 1 amide bonds. The molecule has 0 N–H and O–H groups in total. The van der Waals surface area contributed by atoms with Gasteiger partial charge in [-0.05, 0) is 85.7 Å². The molecule has 4 atom stereocenters. The van der Waals surface area contributed by atoms with E-state index in [0.29, 0.717) is 11.4 Å². The number of hydrogen-bond donors (Lipinski definition) is 0. The second-order valence-corrected chi connectivity index (χ2v) is 16.1. The Morgan fingerprint density at radius 1 is 1.07 bits per heavy atom. The number of piperidine rings is 1. The van der Waals surface area contributed by atoms with E-state index in [2.05, 4.69) is 83.0 Å². The second-order valence-electron chi connectivity index (χ2n) is 12.2. The van der Waals surface area contributed by atoms with Gasteiger partial charge in [0.15, 0.2) is 0 Å². The van der Waals surface area contributed by atoms with Crippen LogP contribution in [-0.2, 0) is 11.3 Å². The first-order chi connectivity index (χ1) is 20.2. The van der Waals surface area contributed by atoms with E-state index in [4.69, 9.17) is 23.2 Å². The van der Waals surface area contributed by atoms with Gasteiger partial charge in [-0.25, -0.2) is 4.31 Å². The van der Waals surface area contributed by atoms with Crippen molar-refractivity contribution in [1.82, 2.24) is 9.21 Å². The van der Waals surface area contributed by atoms with Crippen LogP contribution >= 0.6 is 45.2 Å². The molecule has 7 heteroatoms. The van der Waals surface area contributed by atoms with E-state index in [-0.39, 0.29) is 34.1 Å². The van der Waals surface area contributed by atoms with Crippen molar-refractivity contribution in [3.63, 3.8) is 0 Å². The van der Waals surface area contributed by atoms with Crippen LogP contribution < -0.4 is 0 Å². The molecule has 2 aromatic carbocycles. The van der Waals surface area contributed by atoms with E-state index in [1.54, 1.807) is 0 Å². The molecule has 1 aliphatic carbocycles. The van der Waals surface area contributed by atoms with Crippen molar-refractivity contribution in [3.8, 4) is 0 Å². The molecule has 0 spiro atoms. The van der Waals surface area contributed by atoms with Crippen LogP contribution in [0.4, 0.5) is 0 Å². The van der Waals surface area contributed by atoms with Crippen molar-refractivity contribution < 1.29 is 4.79 Å². The average molecular weight is 642 g/mol. The van der Waals surface area contributed by atoms with Crippen LogP contribution in [0, 0.1) is 5.41 Å². The van der Waals surface area contributed by atoms with Crippen molar-refractivity contribution in [3.05, 3.63) is 105 Å². The molecule has 0 radical (unpaired) electrons. The Labute approximate surface area is 268 Å². The van der Waals surface area contributed by atoms with Crippen molar-refractivity contribution in [1.29, 1.82) is 0 Å². The number of allylic oxidation sites excluding steroid dienone is 1. The highest BCUT2D eigenvalue weighted by atomic mass is 35.5.